The van der Waals surface area contributed by atoms with Crippen LogP contribution in [0.25, 0.3) is 6.08 Å². The summed E-state index contributed by atoms with van der Waals surface area (Å²) < 4.78 is 10.6. The van der Waals surface area contributed by atoms with Gasteiger partial charge in [-0.25, -0.2) is 0 Å². The number of benzene rings is 3. The standard InChI is InChI=1S/C25H24N2O4/c1-17-9-7-8-12-20(17)26-25(29)21(27-24(28)19-10-5-4-6-11-19)15-18-13-14-22(30-2)23(16-18)31-3/h4-16H,1-3H3,(H,26,29)(H,27,28)/b21-15-. The summed E-state index contributed by atoms with van der Waals surface area (Å²) in [4.78, 5) is 25.8. The summed E-state index contributed by atoms with van der Waals surface area (Å²) in [7, 11) is 3.09. The molecule has 31 heavy (non-hydrogen) atoms. The van der Waals surface area contributed by atoms with Crippen LogP contribution >= 0.6 is 0 Å². The fraction of sp³-hybridized carbons (Fsp3) is 0.120. The van der Waals surface area contributed by atoms with Crippen molar-refractivity contribution in [3.05, 3.63) is 95.2 Å². The molecule has 0 aromatic heterocycles. The first kappa shape index (κ1) is 21.6. The number of hydrogen-bond donors (Lipinski definition) is 2. The van der Waals surface area contributed by atoms with Crippen LogP contribution in [-0.4, -0.2) is 26.0 Å². The highest BCUT2D eigenvalue weighted by Crippen LogP contribution is 2.28. The SMILES string of the molecule is COc1ccc(/C=C(\NC(=O)c2ccccc2)C(=O)Nc2ccccc2C)cc1OC. The zero-order valence-electron chi connectivity index (χ0n) is 17.6. The van der Waals surface area contributed by atoms with Crippen molar-refractivity contribution in [2.75, 3.05) is 19.5 Å². The second kappa shape index (κ2) is 10.1. The van der Waals surface area contributed by atoms with Crippen LogP contribution in [0.5, 0.6) is 11.5 Å². The number of methoxy groups -OCH3 is 2. The number of nitrogens with one attached hydrogen (secondary N) is 2. The molecule has 0 aliphatic carbocycles. The van der Waals surface area contributed by atoms with E-state index in [2.05, 4.69) is 10.6 Å². The zero-order chi connectivity index (χ0) is 22.2. The smallest absolute Gasteiger partial charge is 0.272 e. The van der Waals surface area contributed by atoms with E-state index < -0.39 is 5.91 Å². The third kappa shape index (κ3) is 5.51. The van der Waals surface area contributed by atoms with E-state index in [0.717, 1.165) is 5.56 Å². The molecule has 3 aromatic carbocycles. The minimum atomic E-state index is -0.437. The Morgan fingerprint density at radius 1 is 0.839 bits per heavy atom. The first-order valence-electron chi connectivity index (χ1n) is 9.69. The lowest BCUT2D eigenvalue weighted by molar-refractivity contribution is -0.113. The average Bonchev–Trinajstić information content (AvgIpc) is 2.80. The van der Waals surface area contributed by atoms with Crippen molar-refractivity contribution < 1.29 is 19.1 Å². The normalized spacial score (nSPS) is 10.9. The molecule has 0 atom stereocenters. The summed E-state index contributed by atoms with van der Waals surface area (Å²) in [5.74, 6) is 0.267. The van der Waals surface area contributed by atoms with E-state index in [1.807, 2.05) is 31.2 Å². The fourth-order valence-corrected chi connectivity index (χ4v) is 2.95. The van der Waals surface area contributed by atoms with Gasteiger partial charge in [0.1, 0.15) is 5.70 Å². The predicted octanol–water partition coefficient (Wildman–Crippen LogP) is 4.42. The van der Waals surface area contributed by atoms with Crippen LogP contribution < -0.4 is 20.1 Å². The summed E-state index contributed by atoms with van der Waals surface area (Å²) in [6.07, 6.45) is 1.59. The number of hydrogen-bond acceptors (Lipinski definition) is 4. The third-order valence-corrected chi connectivity index (χ3v) is 4.64. The van der Waals surface area contributed by atoms with Gasteiger partial charge in [-0.2, -0.15) is 0 Å². The van der Waals surface area contributed by atoms with Gasteiger partial charge in [-0.05, 0) is 54.5 Å². The Kier molecular flexibility index (Phi) is 7.06. The highest BCUT2D eigenvalue weighted by Gasteiger charge is 2.16. The molecular formula is C25H24N2O4. The van der Waals surface area contributed by atoms with Crippen LogP contribution in [0.15, 0.2) is 78.5 Å². The zero-order valence-corrected chi connectivity index (χ0v) is 17.6. The van der Waals surface area contributed by atoms with Crippen LogP contribution in [0, 0.1) is 6.92 Å². The Balaban J connectivity index is 1.95. The van der Waals surface area contributed by atoms with Crippen molar-refractivity contribution in [1.82, 2.24) is 5.32 Å². The molecule has 2 amide bonds. The van der Waals surface area contributed by atoms with E-state index >= 15 is 0 Å². The van der Waals surface area contributed by atoms with Gasteiger partial charge in [-0.15, -0.1) is 0 Å². The minimum Gasteiger partial charge on any atom is -0.493 e. The summed E-state index contributed by atoms with van der Waals surface area (Å²) >= 11 is 0. The van der Waals surface area contributed by atoms with E-state index in [9.17, 15) is 9.59 Å². The quantitative estimate of drug-likeness (QED) is 0.559. The van der Waals surface area contributed by atoms with Gasteiger partial charge < -0.3 is 20.1 Å². The molecule has 0 radical (unpaired) electrons. The summed E-state index contributed by atoms with van der Waals surface area (Å²) in [6, 6.07) is 21.4. The van der Waals surface area contributed by atoms with Gasteiger partial charge in [0.25, 0.3) is 11.8 Å². The number of rotatable bonds is 7. The average molecular weight is 416 g/mol. The van der Waals surface area contributed by atoms with Crippen LogP contribution in [0.4, 0.5) is 5.69 Å². The molecule has 0 spiro atoms. The largest absolute Gasteiger partial charge is 0.493 e. The monoisotopic (exact) mass is 416 g/mol. The number of ether oxygens (including phenoxy) is 2. The molecule has 0 saturated heterocycles. The third-order valence-electron chi connectivity index (χ3n) is 4.64. The van der Waals surface area contributed by atoms with Crippen molar-refractivity contribution >= 4 is 23.6 Å². The van der Waals surface area contributed by atoms with Gasteiger partial charge in [0.2, 0.25) is 0 Å². The van der Waals surface area contributed by atoms with E-state index in [1.54, 1.807) is 61.7 Å². The van der Waals surface area contributed by atoms with E-state index in [-0.39, 0.29) is 11.6 Å². The number of amides is 2. The Bertz CT molecular complexity index is 1110. The van der Waals surface area contributed by atoms with Crippen LogP contribution in [-0.2, 0) is 4.79 Å². The summed E-state index contributed by atoms with van der Waals surface area (Å²) in [5.41, 5.74) is 2.80. The number of aryl methyl sites for hydroxylation is 1. The van der Waals surface area contributed by atoms with E-state index in [0.29, 0.717) is 28.3 Å². The fourth-order valence-electron chi connectivity index (χ4n) is 2.95. The summed E-state index contributed by atoms with van der Waals surface area (Å²) in [6.45, 7) is 1.90. The lowest BCUT2D eigenvalue weighted by atomic mass is 10.1. The number of anilines is 1. The predicted molar refractivity (Wildman–Crippen MR) is 121 cm³/mol. The van der Waals surface area contributed by atoms with Gasteiger partial charge >= 0.3 is 0 Å². The first-order chi connectivity index (χ1) is 15.0. The molecule has 6 nitrogen and oxygen atoms in total. The second-order valence-corrected chi connectivity index (χ2v) is 6.76. The number of carbonyl (C=O) groups is 2. The lowest BCUT2D eigenvalue weighted by Gasteiger charge is -2.13. The van der Waals surface area contributed by atoms with Gasteiger partial charge in [0.05, 0.1) is 14.2 Å². The number of carbonyl (C=O) groups excluding carboxylic acids is 2. The van der Waals surface area contributed by atoms with Crippen molar-refractivity contribution in [3.8, 4) is 11.5 Å². The molecule has 0 heterocycles. The molecule has 6 heteroatoms. The molecule has 0 unspecified atom stereocenters. The Labute approximate surface area is 181 Å². The first-order valence-corrected chi connectivity index (χ1v) is 9.69. The Hall–Kier alpha value is -4.06. The van der Waals surface area contributed by atoms with Crippen molar-refractivity contribution in [3.63, 3.8) is 0 Å². The number of para-hydroxylation sites is 1. The molecule has 3 aromatic rings. The maximum Gasteiger partial charge on any atom is 0.272 e. The van der Waals surface area contributed by atoms with E-state index in [4.69, 9.17) is 9.47 Å². The maximum absolute atomic E-state index is 13.1. The maximum atomic E-state index is 13.1. The van der Waals surface area contributed by atoms with Gasteiger partial charge in [-0.3, -0.25) is 9.59 Å². The molecular weight excluding hydrogens is 392 g/mol. The van der Waals surface area contributed by atoms with Crippen molar-refractivity contribution in [2.45, 2.75) is 6.92 Å². The Morgan fingerprint density at radius 3 is 2.19 bits per heavy atom. The summed E-state index contributed by atoms with van der Waals surface area (Å²) in [5, 5.41) is 5.59. The van der Waals surface area contributed by atoms with Crippen LogP contribution in [0.3, 0.4) is 0 Å². The van der Waals surface area contributed by atoms with Crippen molar-refractivity contribution in [1.29, 1.82) is 0 Å². The molecule has 0 fully saturated rings. The molecule has 0 aliphatic heterocycles. The van der Waals surface area contributed by atoms with Gasteiger partial charge in [0, 0.05) is 11.3 Å². The van der Waals surface area contributed by atoms with Crippen LogP contribution in [0.2, 0.25) is 0 Å². The molecule has 3 rings (SSSR count). The molecule has 0 bridgehead atoms. The minimum absolute atomic E-state index is 0.101. The highest BCUT2D eigenvalue weighted by atomic mass is 16.5. The van der Waals surface area contributed by atoms with Gasteiger partial charge in [0.15, 0.2) is 11.5 Å². The molecule has 0 saturated carbocycles. The second-order valence-electron chi connectivity index (χ2n) is 6.76. The van der Waals surface area contributed by atoms with E-state index in [1.165, 1.54) is 7.11 Å². The topological polar surface area (TPSA) is 76.7 Å². The lowest BCUT2D eigenvalue weighted by Crippen LogP contribution is -2.30. The molecule has 2 N–H and O–H groups in total. The molecule has 158 valence electrons. The van der Waals surface area contributed by atoms with Crippen molar-refractivity contribution in [2.24, 2.45) is 0 Å². The molecule has 0 aliphatic rings. The van der Waals surface area contributed by atoms with Crippen LogP contribution in [0.1, 0.15) is 21.5 Å². The Morgan fingerprint density at radius 2 is 1.52 bits per heavy atom. The highest BCUT2D eigenvalue weighted by molar-refractivity contribution is 6.10. The van der Waals surface area contributed by atoms with Gasteiger partial charge in [-0.1, -0.05) is 42.5 Å².